The minimum Gasteiger partial charge on any atom is -0.341 e. The molecular formula is C25H22F3N3O2S2. The van der Waals surface area contributed by atoms with Crippen LogP contribution in [0, 0.1) is 9.87 Å². The number of piperidine rings is 1. The fourth-order valence-corrected chi connectivity index (χ4v) is 6.00. The molecule has 1 aliphatic rings. The summed E-state index contributed by atoms with van der Waals surface area (Å²) in [5.74, 6) is 0.347. The van der Waals surface area contributed by atoms with Gasteiger partial charge in [0, 0.05) is 13.1 Å². The Morgan fingerprint density at radius 3 is 2.54 bits per heavy atom. The second kappa shape index (κ2) is 8.91. The molecule has 1 amide bonds. The molecule has 4 aromatic rings. The summed E-state index contributed by atoms with van der Waals surface area (Å²) >= 11 is 6.74. The van der Waals surface area contributed by atoms with Gasteiger partial charge in [-0.1, -0.05) is 31.2 Å². The van der Waals surface area contributed by atoms with Crippen LogP contribution in [-0.4, -0.2) is 32.9 Å². The maximum absolute atomic E-state index is 13.6. The fourth-order valence-electron chi connectivity index (χ4n) is 4.58. The number of para-hydroxylation sites is 1. The monoisotopic (exact) mass is 517 g/mol. The van der Waals surface area contributed by atoms with E-state index in [9.17, 15) is 22.8 Å². The van der Waals surface area contributed by atoms with Crippen molar-refractivity contribution < 1.29 is 18.0 Å². The van der Waals surface area contributed by atoms with E-state index in [1.54, 1.807) is 39.6 Å². The van der Waals surface area contributed by atoms with Gasteiger partial charge in [0.15, 0.2) is 3.95 Å². The van der Waals surface area contributed by atoms with Crippen LogP contribution in [-0.2, 0) is 17.5 Å². The minimum atomic E-state index is -4.51. The van der Waals surface area contributed by atoms with Gasteiger partial charge in [0.05, 0.1) is 21.3 Å². The number of likely N-dealkylation sites (tertiary alicyclic amines) is 1. The smallest absolute Gasteiger partial charge is 0.341 e. The van der Waals surface area contributed by atoms with Gasteiger partial charge in [0.25, 0.3) is 5.56 Å². The highest BCUT2D eigenvalue weighted by atomic mass is 32.1. The number of halogens is 3. The lowest BCUT2D eigenvalue weighted by Crippen LogP contribution is -2.41. The van der Waals surface area contributed by atoms with Gasteiger partial charge in [-0.3, -0.25) is 18.6 Å². The van der Waals surface area contributed by atoms with Gasteiger partial charge in [0.1, 0.15) is 12.2 Å². The Hall–Kier alpha value is -2.98. The molecular weight excluding hydrogens is 495 g/mol. The molecule has 0 radical (unpaired) electrons. The molecule has 1 fully saturated rings. The van der Waals surface area contributed by atoms with E-state index in [0.717, 1.165) is 36.3 Å². The maximum atomic E-state index is 13.6. The quantitative estimate of drug-likeness (QED) is 0.314. The van der Waals surface area contributed by atoms with Crippen LogP contribution >= 0.6 is 23.6 Å². The van der Waals surface area contributed by atoms with Crippen LogP contribution in [0.1, 0.15) is 25.3 Å². The number of rotatable bonds is 3. The summed E-state index contributed by atoms with van der Waals surface area (Å²) in [6, 6.07) is 11.9. The fraction of sp³-hybridized carbons (Fsp3) is 0.320. The number of alkyl halides is 3. The van der Waals surface area contributed by atoms with Gasteiger partial charge in [-0.15, -0.1) is 11.3 Å². The number of carbonyl (C=O) groups excluding carboxylic acids is 1. The van der Waals surface area contributed by atoms with Crippen molar-refractivity contribution in [1.82, 2.24) is 13.9 Å². The number of amides is 1. The summed E-state index contributed by atoms with van der Waals surface area (Å²) in [5, 5.41) is 0.393. The van der Waals surface area contributed by atoms with Crippen molar-refractivity contribution in [3.63, 3.8) is 0 Å². The zero-order valence-electron chi connectivity index (χ0n) is 18.8. The second-order valence-corrected chi connectivity index (χ2v) is 10.6. The van der Waals surface area contributed by atoms with Crippen molar-refractivity contribution in [3.05, 3.63) is 68.4 Å². The summed E-state index contributed by atoms with van der Waals surface area (Å²) < 4.78 is 43.7. The van der Waals surface area contributed by atoms with Crippen LogP contribution in [0.5, 0.6) is 0 Å². The molecule has 3 heterocycles. The zero-order chi connectivity index (χ0) is 24.9. The van der Waals surface area contributed by atoms with Gasteiger partial charge in [-0.2, -0.15) is 13.2 Å². The van der Waals surface area contributed by atoms with E-state index in [4.69, 9.17) is 12.2 Å². The Bertz CT molecular complexity index is 1560. The highest BCUT2D eigenvalue weighted by Gasteiger charge is 2.31. The summed E-state index contributed by atoms with van der Waals surface area (Å²) in [5.41, 5.74) is 0.0198. The van der Waals surface area contributed by atoms with Crippen molar-refractivity contribution in [1.29, 1.82) is 0 Å². The predicted molar refractivity (Wildman–Crippen MR) is 133 cm³/mol. The number of benzene rings is 2. The minimum absolute atomic E-state index is 0.191. The Morgan fingerprint density at radius 1 is 1.11 bits per heavy atom. The standard InChI is InChI=1S/C25H22F3N3O2S2/c1-15-9-11-29(12-10-15)20(32)14-30-22-21(16-5-4-6-17(13-16)25(26,27)28)35-24(34)31(22)19-8-3-2-7-18(19)23(30)33/h2-8,13,15H,9-12,14H2,1H3. The number of carbonyl (C=O) groups is 1. The third-order valence-electron chi connectivity index (χ3n) is 6.54. The molecule has 5 nitrogen and oxygen atoms in total. The SMILES string of the molecule is CC1CCN(C(=O)Cn2c(=O)c3ccccc3n3c(=S)sc(-c4cccc(C(F)(F)F)c4)c23)CC1. The third kappa shape index (κ3) is 4.29. The predicted octanol–water partition coefficient (Wildman–Crippen LogP) is 5.99. The lowest BCUT2D eigenvalue weighted by atomic mass is 9.99. The van der Waals surface area contributed by atoms with Crippen molar-refractivity contribution in [2.75, 3.05) is 13.1 Å². The van der Waals surface area contributed by atoms with Crippen molar-refractivity contribution in [2.24, 2.45) is 5.92 Å². The van der Waals surface area contributed by atoms with Crippen LogP contribution in [0.4, 0.5) is 13.2 Å². The molecule has 0 atom stereocenters. The molecule has 0 unspecified atom stereocenters. The first-order valence-electron chi connectivity index (χ1n) is 11.3. The molecule has 0 N–H and O–H groups in total. The molecule has 182 valence electrons. The highest BCUT2D eigenvalue weighted by molar-refractivity contribution is 7.73. The Morgan fingerprint density at radius 2 is 1.83 bits per heavy atom. The van der Waals surface area contributed by atoms with Crippen LogP contribution in [0.15, 0.2) is 53.3 Å². The lowest BCUT2D eigenvalue weighted by Gasteiger charge is -2.30. The topological polar surface area (TPSA) is 46.7 Å². The van der Waals surface area contributed by atoms with Gasteiger partial charge in [-0.05, 0) is 60.8 Å². The first kappa shape index (κ1) is 23.7. The molecule has 10 heteroatoms. The molecule has 1 aliphatic heterocycles. The Kier molecular flexibility index (Phi) is 6.04. The Labute approximate surface area is 208 Å². The molecule has 0 spiro atoms. The van der Waals surface area contributed by atoms with Gasteiger partial charge >= 0.3 is 6.18 Å². The van der Waals surface area contributed by atoms with Gasteiger partial charge < -0.3 is 4.90 Å². The third-order valence-corrected chi connectivity index (χ3v) is 7.96. The average molecular weight is 518 g/mol. The van der Waals surface area contributed by atoms with E-state index in [-0.39, 0.29) is 18.0 Å². The molecule has 35 heavy (non-hydrogen) atoms. The van der Waals surface area contributed by atoms with Crippen LogP contribution in [0.2, 0.25) is 0 Å². The largest absolute Gasteiger partial charge is 0.416 e. The number of nitrogens with zero attached hydrogens (tertiary/aromatic N) is 3. The van der Waals surface area contributed by atoms with Crippen molar-refractivity contribution in [2.45, 2.75) is 32.5 Å². The number of fused-ring (bicyclic) bond motifs is 3. The first-order valence-corrected chi connectivity index (χ1v) is 12.5. The van der Waals surface area contributed by atoms with Crippen molar-refractivity contribution in [3.8, 4) is 10.4 Å². The van der Waals surface area contributed by atoms with Gasteiger partial charge in [-0.25, -0.2) is 0 Å². The number of thiazole rings is 1. The average Bonchev–Trinajstić information content (AvgIpc) is 3.18. The van der Waals surface area contributed by atoms with E-state index < -0.39 is 11.7 Å². The van der Waals surface area contributed by atoms with E-state index in [2.05, 4.69) is 6.92 Å². The van der Waals surface area contributed by atoms with E-state index in [1.165, 1.54) is 10.6 Å². The summed E-state index contributed by atoms with van der Waals surface area (Å²) in [7, 11) is 0. The molecule has 0 saturated carbocycles. The molecule has 2 aromatic heterocycles. The molecule has 1 saturated heterocycles. The Balaban J connectivity index is 1.74. The first-order chi connectivity index (χ1) is 16.6. The summed E-state index contributed by atoms with van der Waals surface area (Å²) in [4.78, 5) is 29.0. The zero-order valence-corrected chi connectivity index (χ0v) is 20.5. The van der Waals surface area contributed by atoms with E-state index in [1.807, 2.05) is 0 Å². The second-order valence-electron chi connectivity index (χ2n) is 8.91. The summed E-state index contributed by atoms with van der Waals surface area (Å²) in [6.45, 7) is 3.18. The molecule has 0 aliphatic carbocycles. The van der Waals surface area contributed by atoms with Gasteiger partial charge in [0.2, 0.25) is 5.91 Å². The normalized spacial score (nSPS) is 15.3. The molecule has 0 bridgehead atoms. The molecule has 2 aromatic carbocycles. The van der Waals surface area contributed by atoms with E-state index >= 15 is 0 Å². The van der Waals surface area contributed by atoms with Crippen LogP contribution < -0.4 is 5.56 Å². The molecule has 5 rings (SSSR count). The van der Waals surface area contributed by atoms with Crippen molar-refractivity contribution >= 4 is 46.0 Å². The van der Waals surface area contributed by atoms with Crippen LogP contribution in [0.25, 0.3) is 27.0 Å². The van der Waals surface area contributed by atoms with Crippen LogP contribution in [0.3, 0.4) is 0 Å². The summed E-state index contributed by atoms with van der Waals surface area (Å²) in [6.07, 6.45) is -2.72. The maximum Gasteiger partial charge on any atom is 0.416 e. The lowest BCUT2D eigenvalue weighted by molar-refractivity contribution is -0.137. The highest BCUT2D eigenvalue weighted by Crippen LogP contribution is 2.37. The van der Waals surface area contributed by atoms with E-state index in [0.29, 0.717) is 50.0 Å². The number of aromatic nitrogens is 2. The number of hydrogen-bond donors (Lipinski definition) is 0. The number of hydrogen-bond acceptors (Lipinski definition) is 4.